The summed E-state index contributed by atoms with van der Waals surface area (Å²) in [6.45, 7) is 9.03. The third kappa shape index (κ3) is 18.1. The number of halogens is 1. The minimum atomic E-state index is -4.15. The highest BCUT2D eigenvalue weighted by Gasteiger charge is 2.28. The number of aryl methyl sites for hydroxylation is 2. The molecule has 7 aromatic carbocycles. The molecule has 1 aromatic heterocycles. The van der Waals surface area contributed by atoms with Gasteiger partial charge in [0.25, 0.3) is 30.4 Å². The van der Waals surface area contributed by atoms with Crippen molar-refractivity contribution in [2.45, 2.75) is 85.5 Å². The average Bonchev–Trinajstić information content (AvgIpc) is 2.41. The lowest BCUT2D eigenvalue weighted by atomic mass is 9.94. The topological polar surface area (TPSA) is 211 Å². The van der Waals surface area contributed by atoms with Crippen molar-refractivity contribution in [1.82, 2.24) is 5.48 Å². The Kier molecular flexibility index (Phi) is 23.2. The highest BCUT2D eigenvalue weighted by molar-refractivity contribution is 7.86. The molecule has 2 aliphatic rings. The number of nitrogens with one attached hydrogen (secondary N) is 1. The van der Waals surface area contributed by atoms with Gasteiger partial charge in [0.15, 0.2) is 11.5 Å². The number of hydrogen-bond acceptors (Lipinski definition) is 14. The van der Waals surface area contributed by atoms with Crippen LogP contribution in [-0.2, 0) is 47.5 Å². The molecule has 16 nitrogen and oxygen atoms in total. The Balaban J connectivity index is 0.000000220. The quantitative estimate of drug-likeness (QED) is 0.0292. The maximum Gasteiger partial charge on any atom is 0.283 e. The number of nitrogens with zero attached hydrogens (tertiary/aromatic N) is 2. The molecule has 0 aliphatic carbocycles. The number of ether oxygens (including phenoxy) is 3. The molecule has 0 unspecified atom stereocenters. The zero-order valence-electron chi connectivity index (χ0n) is 50.4. The third-order valence-corrected chi connectivity index (χ3v) is 17.7. The van der Waals surface area contributed by atoms with Gasteiger partial charge in [0, 0.05) is 48.3 Å². The molecular weight excluding hydrogens is 1200 g/mol. The summed E-state index contributed by atoms with van der Waals surface area (Å²) in [6, 6.07) is 47.3. The van der Waals surface area contributed by atoms with Crippen LogP contribution in [0.25, 0.3) is 56.1 Å². The van der Waals surface area contributed by atoms with Crippen LogP contribution in [0.1, 0.15) is 95.1 Å². The molecule has 3 N–H and O–H groups in total. The smallest absolute Gasteiger partial charge is 0.283 e. The number of unbranched alkanes of at least 4 members (excludes halogenated alkanes) is 3. The van der Waals surface area contributed by atoms with E-state index in [1.54, 1.807) is 20.1 Å². The predicted molar refractivity (Wildman–Crippen MR) is 355 cm³/mol. The molecule has 20 heteroatoms. The third-order valence-electron chi connectivity index (χ3n) is 14.8. The van der Waals surface area contributed by atoms with Crippen molar-refractivity contribution < 1.29 is 57.3 Å². The van der Waals surface area contributed by atoms with Crippen molar-refractivity contribution in [2.24, 2.45) is 0 Å². The minimum Gasteiger partial charge on any atom is -0.497 e. The second-order valence-corrected chi connectivity index (χ2v) is 26.5. The van der Waals surface area contributed by atoms with Gasteiger partial charge in [-0.25, -0.2) is 0 Å². The van der Waals surface area contributed by atoms with Gasteiger partial charge >= 0.3 is 0 Å². The molecule has 8 aromatic rings. The fourth-order valence-electron chi connectivity index (χ4n) is 10.1. The Morgan fingerprint density at radius 1 is 0.625 bits per heavy atom. The van der Waals surface area contributed by atoms with E-state index in [1.165, 1.54) is 12.8 Å². The first-order chi connectivity index (χ1) is 42.2. The number of hydrogen-bond donors (Lipinski definition) is 3. The Morgan fingerprint density at radius 3 is 1.93 bits per heavy atom. The monoisotopic (exact) mass is 1270 g/mol. The molecule has 0 saturated heterocycles. The van der Waals surface area contributed by atoms with E-state index in [0.717, 1.165) is 83.5 Å². The molecule has 0 amide bonds. The van der Waals surface area contributed by atoms with Crippen molar-refractivity contribution in [2.75, 3.05) is 54.3 Å². The van der Waals surface area contributed by atoms with E-state index in [2.05, 4.69) is 30.3 Å². The van der Waals surface area contributed by atoms with Crippen LogP contribution in [0.4, 0.5) is 11.4 Å². The molecule has 0 radical (unpaired) electrons. The number of allylic oxidation sites excluding steroid dienone is 2. The standard InChI is InChI=1S/C35H40N2O8S2.C29H26ClNO5S.C4H10/c1-3-36-45-47(41,42)22-10-8-20-37-33-24-27(26-11-5-4-6-12-26)16-19-34(33)44-35(37)25-29-15-14-28-23-30(43-2)17-18-32(28)31(29)13-7-9-21-46(38,39)40;1-3-19(16-29-31(2)25-18-22(30)10-12-27(25)36-29)15-28-23(13-14-37(32,33)34)24-17-21(9-11-26(24)35-28)20-7-5-4-6-8-20;1-3-4-2/h4-6,11-12,14-19,23-25,36H,3,7-10,13,20-22H2,1-2H3,(H,38,39,40);4-12,15-18H,3,13-14H2,1-2H3,(H,32,33,34);3-4H2,1-2H3/b35-25-;19-15-,29-16+;. The van der Waals surface area contributed by atoms with E-state index in [-0.39, 0.29) is 17.9 Å². The number of anilines is 2. The summed E-state index contributed by atoms with van der Waals surface area (Å²) in [4.78, 5) is 3.99. The van der Waals surface area contributed by atoms with Crippen LogP contribution in [0.3, 0.4) is 0 Å². The van der Waals surface area contributed by atoms with E-state index in [0.29, 0.717) is 85.5 Å². The Morgan fingerprint density at radius 2 is 1.27 bits per heavy atom. The first kappa shape index (κ1) is 66.5. The molecule has 0 atom stereocenters. The van der Waals surface area contributed by atoms with Crippen LogP contribution < -0.4 is 29.5 Å². The first-order valence-electron chi connectivity index (χ1n) is 29.4. The molecule has 0 fully saturated rings. The molecule has 0 saturated carbocycles. The lowest BCUT2D eigenvalue weighted by Gasteiger charge is -2.20. The zero-order chi connectivity index (χ0) is 63.0. The number of rotatable bonds is 24. The highest BCUT2D eigenvalue weighted by atomic mass is 35.5. The minimum absolute atomic E-state index is 0.115. The van der Waals surface area contributed by atoms with Crippen LogP contribution >= 0.6 is 11.6 Å². The average molecular weight is 1280 g/mol. The SMILES string of the molecule is CCC(=C/c1oc2ccc(-c3ccccc3)cc2c1CCS(=O)(=O)O)/C=C1/Oc2ccc(Cl)cc2N1C.CCCC.CCNOS(=O)(=O)CCCCN1/C(=C/c2ccc3cc(OC)ccc3c2CCCCS(=O)(=O)O)Oc2ccc(-c3ccccc3)cc21. The van der Waals surface area contributed by atoms with Gasteiger partial charge in [0.2, 0.25) is 11.8 Å². The Bertz CT molecular complexity index is 4150. The van der Waals surface area contributed by atoms with Crippen molar-refractivity contribution >= 4 is 87.2 Å². The van der Waals surface area contributed by atoms with E-state index in [9.17, 15) is 34.4 Å². The molecule has 0 spiro atoms. The van der Waals surface area contributed by atoms with Gasteiger partial charge in [-0.3, -0.25) is 9.11 Å². The molecule has 88 heavy (non-hydrogen) atoms. The summed E-state index contributed by atoms with van der Waals surface area (Å²) in [5, 5.41) is 3.43. The van der Waals surface area contributed by atoms with Gasteiger partial charge in [-0.05, 0) is 155 Å². The second-order valence-electron chi connectivity index (χ2n) is 21.2. The van der Waals surface area contributed by atoms with Crippen molar-refractivity contribution in [3.8, 4) is 39.5 Å². The van der Waals surface area contributed by atoms with E-state index >= 15 is 0 Å². The van der Waals surface area contributed by atoms with Crippen molar-refractivity contribution in [1.29, 1.82) is 0 Å². The van der Waals surface area contributed by atoms with Crippen molar-refractivity contribution in [3.05, 3.63) is 196 Å². The Labute approximate surface area is 522 Å². The molecule has 0 bridgehead atoms. The van der Waals surface area contributed by atoms with Crippen LogP contribution in [0.15, 0.2) is 173 Å². The first-order valence-corrected chi connectivity index (χ1v) is 34.6. The van der Waals surface area contributed by atoms with Gasteiger partial charge in [0.05, 0.1) is 35.7 Å². The Hall–Kier alpha value is -7.46. The van der Waals surface area contributed by atoms with Crippen LogP contribution in [0.2, 0.25) is 5.02 Å². The summed E-state index contributed by atoms with van der Waals surface area (Å²) >= 11 is 6.16. The van der Waals surface area contributed by atoms with Gasteiger partial charge in [0.1, 0.15) is 17.1 Å². The summed E-state index contributed by atoms with van der Waals surface area (Å²) < 4.78 is 118. The second kappa shape index (κ2) is 30.6. The van der Waals surface area contributed by atoms with Gasteiger partial charge in [-0.1, -0.05) is 143 Å². The fraction of sp³-hybridized carbons (Fsp3) is 0.294. The molecular formula is C68H76ClN3O13S3. The summed E-state index contributed by atoms with van der Waals surface area (Å²) in [5.41, 5.74) is 12.5. The van der Waals surface area contributed by atoms with Crippen LogP contribution in [0, 0.1) is 0 Å². The maximum atomic E-state index is 12.2. The molecule has 2 aliphatic heterocycles. The number of fused-ring (bicyclic) bond motifs is 4. The number of furan rings is 1. The lowest BCUT2D eigenvalue weighted by molar-refractivity contribution is 0.210. The van der Waals surface area contributed by atoms with Crippen LogP contribution in [0.5, 0.6) is 17.2 Å². The van der Waals surface area contributed by atoms with Gasteiger partial charge in [-0.15, -0.1) is 0 Å². The lowest BCUT2D eigenvalue weighted by Crippen LogP contribution is -2.24. The van der Waals surface area contributed by atoms with Crippen molar-refractivity contribution in [3.63, 3.8) is 0 Å². The zero-order valence-corrected chi connectivity index (χ0v) is 53.6. The van der Waals surface area contributed by atoms with Gasteiger partial charge < -0.3 is 28.4 Å². The molecule has 466 valence electrons. The normalized spacial score (nSPS) is 14.1. The predicted octanol–water partition coefficient (Wildman–Crippen LogP) is 15.7. The summed E-state index contributed by atoms with van der Waals surface area (Å²) in [7, 11) is -8.37. The number of benzene rings is 7. The largest absolute Gasteiger partial charge is 0.497 e. The van der Waals surface area contributed by atoms with Crippen LogP contribution in [-0.4, -0.2) is 78.9 Å². The van der Waals surface area contributed by atoms with Gasteiger partial charge in [-0.2, -0.15) is 35.0 Å². The number of hydroxylamine groups is 1. The summed E-state index contributed by atoms with van der Waals surface area (Å²) in [5.74, 6) is 3.13. The summed E-state index contributed by atoms with van der Waals surface area (Å²) in [6.07, 6.45) is 11.7. The molecule has 10 rings (SSSR count). The van der Waals surface area contributed by atoms with E-state index in [4.69, 9.17) is 34.5 Å². The highest BCUT2D eigenvalue weighted by Crippen LogP contribution is 2.44. The maximum absolute atomic E-state index is 12.2. The molecule has 3 heterocycles. The van der Waals surface area contributed by atoms with E-state index < -0.39 is 36.1 Å². The van der Waals surface area contributed by atoms with E-state index in [1.807, 2.05) is 171 Å². The fourth-order valence-corrected chi connectivity index (χ4v) is 12.2. The number of methoxy groups -OCH3 is 1.